The Kier molecular flexibility index (Phi) is 10.5. The molecule has 21 heavy (non-hydrogen) atoms. The van der Waals surface area contributed by atoms with Gasteiger partial charge < -0.3 is 24.7 Å². The molecule has 0 aromatic heterocycles. The topological polar surface area (TPSA) is 62.9 Å². The van der Waals surface area contributed by atoms with Crippen molar-refractivity contribution in [2.45, 2.75) is 6.42 Å². The number of hydrogen-bond acceptors (Lipinski definition) is 5. The number of rotatable bonds is 12. The first-order chi connectivity index (χ1) is 10.3. The number of halogens is 1. The Morgan fingerprint density at radius 3 is 2.33 bits per heavy atom. The Hall–Kier alpha value is -0.660. The highest BCUT2D eigenvalue weighted by molar-refractivity contribution is 9.10. The Morgan fingerprint density at radius 1 is 1.00 bits per heavy atom. The van der Waals surface area contributed by atoms with E-state index in [0.29, 0.717) is 46.2 Å². The van der Waals surface area contributed by atoms with Crippen LogP contribution in [0, 0.1) is 0 Å². The van der Waals surface area contributed by atoms with Gasteiger partial charge in [-0.15, -0.1) is 0 Å². The molecule has 0 saturated heterocycles. The third kappa shape index (κ3) is 8.38. The summed E-state index contributed by atoms with van der Waals surface area (Å²) in [5, 5.41) is 0. The van der Waals surface area contributed by atoms with E-state index in [1.165, 1.54) is 0 Å². The van der Waals surface area contributed by atoms with Gasteiger partial charge in [0.1, 0.15) is 12.4 Å². The fourth-order valence-electron chi connectivity index (χ4n) is 1.71. The summed E-state index contributed by atoms with van der Waals surface area (Å²) in [6, 6.07) is 5.94. The minimum absolute atomic E-state index is 0.511. The number of hydrogen-bond donors (Lipinski definition) is 1. The summed E-state index contributed by atoms with van der Waals surface area (Å²) in [7, 11) is 1.65. The lowest BCUT2D eigenvalue weighted by Gasteiger charge is -2.12. The molecular formula is C15H24BrNO4. The molecule has 0 spiro atoms. The number of benzene rings is 1. The summed E-state index contributed by atoms with van der Waals surface area (Å²) in [5.74, 6) is 0.864. The molecule has 0 amide bonds. The molecule has 0 aliphatic carbocycles. The van der Waals surface area contributed by atoms with Crippen molar-refractivity contribution in [3.05, 3.63) is 28.2 Å². The van der Waals surface area contributed by atoms with Crippen molar-refractivity contribution in [1.29, 1.82) is 0 Å². The number of ether oxygens (including phenoxy) is 4. The molecule has 0 atom stereocenters. The van der Waals surface area contributed by atoms with E-state index in [2.05, 4.69) is 15.9 Å². The molecule has 5 nitrogen and oxygen atoms in total. The first-order valence-electron chi connectivity index (χ1n) is 7.03. The summed E-state index contributed by atoms with van der Waals surface area (Å²) in [6.45, 7) is 3.97. The molecular weight excluding hydrogens is 338 g/mol. The second-order valence-corrected chi connectivity index (χ2v) is 5.27. The SMILES string of the molecule is COCCOCCOCCOc1ccc(Br)cc1CCN. The predicted octanol–water partition coefficient (Wildman–Crippen LogP) is 2.01. The number of methoxy groups -OCH3 is 1. The van der Waals surface area contributed by atoms with Gasteiger partial charge in [-0.25, -0.2) is 0 Å². The van der Waals surface area contributed by atoms with Crippen molar-refractivity contribution >= 4 is 15.9 Å². The van der Waals surface area contributed by atoms with Crippen molar-refractivity contribution < 1.29 is 18.9 Å². The Morgan fingerprint density at radius 2 is 1.67 bits per heavy atom. The molecule has 0 fully saturated rings. The van der Waals surface area contributed by atoms with Crippen LogP contribution in [-0.2, 0) is 20.6 Å². The highest BCUT2D eigenvalue weighted by Gasteiger charge is 2.04. The summed E-state index contributed by atoms with van der Waals surface area (Å²) in [4.78, 5) is 0. The molecule has 0 bridgehead atoms. The van der Waals surface area contributed by atoms with Crippen LogP contribution in [-0.4, -0.2) is 53.3 Å². The summed E-state index contributed by atoms with van der Waals surface area (Å²) in [5.41, 5.74) is 6.71. The van der Waals surface area contributed by atoms with Crippen LogP contribution in [0.15, 0.2) is 22.7 Å². The second-order valence-electron chi connectivity index (χ2n) is 4.36. The fourth-order valence-corrected chi connectivity index (χ4v) is 2.12. The third-order valence-electron chi connectivity index (χ3n) is 2.73. The molecule has 1 aromatic carbocycles. The van der Waals surface area contributed by atoms with Crippen molar-refractivity contribution in [3.63, 3.8) is 0 Å². The normalized spacial score (nSPS) is 10.8. The molecule has 0 aliphatic rings. The van der Waals surface area contributed by atoms with Gasteiger partial charge in [0.2, 0.25) is 0 Å². The number of nitrogens with two attached hydrogens (primary N) is 1. The van der Waals surface area contributed by atoms with Crippen molar-refractivity contribution in [3.8, 4) is 5.75 Å². The maximum Gasteiger partial charge on any atom is 0.122 e. The smallest absolute Gasteiger partial charge is 0.122 e. The summed E-state index contributed by atoms with van der Waals surface area (Å²) >= 11 is 3.45. The van der Waals surface area contributed by atoms with Gasteiger partial charge in [-0.2, -0.15) is 0 Å². The molecule has 0 radical (unpaired) electrons. The molecule has 1 aromatic rings. The first kappa shape index (κ1) is 18.4. The molecule has 6 heteroatoms. The minimum atomic E-state index is 0.511. The van der Waals surface area contributed by atoms with E-state index >= 15 is 0 Å². The quantitative estimate of drug-likeness (QED) is 0.577. The van der Waals surface area contributed by atoms with Crippen LogP contribution in [0.5, 0.6) is 5.75 Å². The van der Waals surface area contributed by atoms with Gasteiger partial charge in [-0.3, -0.25) is 0 Å². The largest absolute Gasteiger partial charge is 0.491 e. The monoisotopic (exact) mass is 361 g/mol. The van der Waals surface area contributed by atoms with Gasteiger partial charge in [0.05, 0.1) is 33.0 Å². The van der Waals surface area contributed by atoms with Crippen molar-refractivity contribution in [1.82, 2.24) is 0 Å². The predicted molar refractivity (Wildman–Crippen MR) is 85.9 cm³/mol. The van der Waals surface area contributed by atoms with Gasteiger partial charge in [0.25, 0.3) is 0 Å². The van der Waals surface area contributed by atoms with E-state index in [4.69, 9.17) is 24.7 Å². The first-order valence-corrected chi connectivity index (χ1v) is 7.83. The molecule has 2 N–H and O–H groups in total. The van der Waals surface area contributed by atoms with Gasteiger partial charge in [-0.1, -0.05) is 15.9 Å². The lowest BCUT2D eigenvalue weighted by atomic mass is 10.1. The highest BCUT2D eigenvalue weighted by atomic mass is 79.9. The van der Waals surface area contributed by atoms with Crippen molar-refractivity contribution in [2.24, 2.45) is 5.73 Å². The van der Waals surface area contributed by atoms with Gasteiger partial charge in [-0.05, 0) is 36.7 Å². The van der Waals surface area contributed by atoms with Gasteiger partial charge >= 0.3 is 0 Å². The van der Waals surface area contributed by atoms with Crippen LogP contribution in [0.25, 0.3) is 0 Å². The maximum atomic E-state index is 5.73. The van der Waals surface area contributed by atoms with Crippen molar-refractivity contribution in [2.75, 3.05) is 53.3 Å². The van der Waals surface area contributed by atoms with E-state index < -0.39 is 0 Å². The molecule has 0 aliphatic heterocycles. The van der Waals surface area contributed by atoms with E-state index in [-0.39, 0.29) is 0 Å². The van der Waals surface area contributed by atoms with Gasteiger partial charge in [0.15, 0.2) is 0 Å². The summed E-state index contributed by atoms with van der Waals surface area (Å²) < 4.78 is 22.4. The van der Waals surface area contributed by atoms with E-state index in [9.17, 15) is 0 Å². The lowest BCUT2D eigenvalue weighted by molar-refractivity contribution is 0.0179. The van der Waals surface area contributed by atoms with Crippen LogP contribution in [0.1, 0.15) is 5.56 Å². The minimum Gasteiger partial charge on any atom is -0.491 e. The molecule has 1 rings (SSSR count). The van der Waals surface area contributed by atoms with Crippen LogP contribution in [0.4, 0.5) is 0 Å². The Balaban J connectivity index is 2.15. The average Bonchev–Trinajstić information content (AvgIpc) is 2.48. The van der Waals surface area contributed by atoms with Crippen LogP contribution >= 0.6 is 15.9 Å². The fraction of sp³-hybridized carbons (Fsp3) is 0.600. The maximum absolute atomic E-state index is 5.73. The molecule has 0 unspecified atom stereocenters. The third-order valence-corrected chi connectivity index (χ3v) is 3.22. The van der Waals surface area contributed by atoms with E-state index in [1.807, 2.05) is 18.2 Å². The van der Waals surface area contributed by atoms with E-state index in [0.717, 1.165) is 22.2 Å². The molecule has 0 saturated carbocycles. The van der Waals surface area contributed by atoms with Gasteiger partial charge in [0, 0.05) is 11.6 Å². The van der Waals surface area contributed by atoms with E-state index in [1.54, 1.807) is 7.11 Å². The second kappa shape index (κ2) is 11.9. The van der Waals surface area contributed by atoms with Crippen LogP contribution in [0.2, 0.25) is 0 Å². The lowest BCUT2D eigenvalue weighted by Crippen LogP contribution is -2.13. The van der Waals surface area contributed by atoms with Crippen LogP contribution in [0.3, 0.4) is 0 Å². The Bertz CT molecular complexity index is 390. The Labute approximate surface area is 134 Å². The van der Waals surface area contributed by atoms with Crippen LogP contribution < -0.4 is 10.5 Å². The standard InChI is InChI=1S/C15H24BrNO4/c1-18-6-7-19-8-9-20-10-11-21-15-3-2-14(16)12-13(15)4-5-17/h2-3,12H,4-11,17H2,1H3. The zero-order valence-electron chi connectivity index (χ0n) is 12.5. The summed E-state index contributed by atoms with van der Waals surface area (Å²) in [6.07, 6.45) is 0.795. The zero-order chi connectivity index (χ0) is 15.3. The zero-order valence-corrected chi connectivity index (χ0v) is 14.1. The molecule has 120 valence electrons. The molecule has 0 heterocycles. The highest BCUT2D eigenvalue weighted by Crippen LogP contribution is 2.23. The average molecular weight is 362 g/mol.